The van der Waals surface area contributed by atoms with Crippen LogP contribution in [0.1, 0.15) is 41.8 Å². The van der Waals surface area contributed by atoms with Gasteiger partial charge in [-0.05, 0) is 86.8 Å². The van der Waals surface area contributed by atoms with Crippen LogP contribution in [-0.2, 0) is 19.7 Å². The Morgan fingerprint density at radius 2 is 1.86 bits per heavy atom. The van der Waals surface area contributed by atoms with E-state index < -0.39 is 10.1 Å². The van der Waals surface area contributed by atoms with Gasteiger partial charge in [0.05, 0.1) is 30.0 Å². The van der Waals surface area contributed by atoms with Crippen LogP contribution in [0.3, 0.4) is 0 Å². The Balaban J connectivity index is 1.48. The second-order valence-corrected chi connectivity index (χ2v) is 11.9. The number of aromatic nitrogens is 1. The highest BCUT2D eigenvalue weighted by atomic mass is 32.2. The van der Waals surface area contributed by atoms with Crippen LogP contribution in [-0.4, -0.2) is 33.0 Å². The zero-order valence-electron chi connectivity index (χ0n) is 21.1. The summed E-state index contributed by atoms with van der Waals surface area (Å²) in [7, 11) is -3.45. The van der Waals surface area contributed by atoms with Crippen molar-refractivity contribution in [1.82, 2.24) is 5.16 Å². The summed E-state index contributed by atoms with van der Waals surface area (Å²) in [5.41, 5.74) is 6.90. The normalized spacial score (nSPS) is 20.1. The minimum atomic E-state index is -3.45. The average Bonchev–Trinajstić information content (AvgIpc) is 3.76. The Kier molecular flexibility index (Phi) is 6.17. The molecule has 0 radical (unpaired) electrons. The number of rotatable bonds is 9. The first kappa shape index (κ1) is 24.5. The highest BCUT2D eigenvalue weighted by Crippen LogP contribution is 2.48. The minimum absolute atomic E-state index is 0.209. The van der Waals surface area contributed by atoms with Crippen LogP contribution < -0.4 is 4.90 Å². The maximum Gasteiger partial charge on any atom is 0.264 e. The van der Waals surface area contributed by atoms with Gasteiger partial charge < -0.3 is 9.42 Å². The van der Waals surface area contributed by atoms with Gasteiger partial charge in [-0.15, -0.1) is 0 Å². The molecule has 2 atom stereocenters. The molecular weight excluding hydrogens is 474 g/mol. The van der Waals surface area contributed by atoms with Gasteiger partial charge in [0.1, 0.15) is 5.76 Å². The first-order valence-electron chi connectivity index (χ1n) is 12.3. The standard InChI is InChI=1S/C28H31N3O4S/c1-18-5-6-21(27-19(2)30-35-20(27)3)14-26(18)31(15-22-13-23(22)16-34-36(4,32)33)25-9-7-24(8-10-25)28(17-29)11-12-28/h5-10,14,22-23H,11-13,15-16H2,1-4H3/t22-,23-/m1/s1. The average molecular weight is 506 g/mol. The van der Waals surface area contributed by atoms with Crippen molar-refractivity contribution in [2.24, 2.45) is 11.8 Å². The molecule has 188 valence electrons. The lowest BCUT2D eigenvalue weighted by Gasteiger charge is -2.28. The molecule has 8 heteroatoms. The molecule has 2 aliphatic rings. The molecule has 0 bridgehead atoms. The van der Waals surface area contributed by atoms with Crippen LogP contribution in [0.25, 0.3) is 11.1 Å². The third-order valence-corrected chi connectivity index (χ3v) is 8.06. The molecule has 2 saturated carbocycles. The van der Waals surface area contributed by atoms with E-state index in [0.717, 1.165) is 77.1 Å². The van der Waals surface area contributed by atoms with Gasteiger partial charge in [0.2, 0.25) is 0 Å². The summed E-state index contributed by atoms with van der Waals surface area (Å²) in [6, 6.07) is 17.2. The van der Waals surface area contributed by atoms with Gasteiger partial charge in [0.15, 0.2) is 0 Å². The summed E-state index contributed by atoms with van der Waals surface area (Å²) in [5, 5.41) is 13.7. The number of aryl methyl sites for hydroxylation is 3. The summed E-state index contributed by atoms with van der Waals surface area (Å²) >= 11 is 0. The van der Waals surface area contributed by atoms with Crippen molar-refractivity contribution in [2.75, 3.05) is 24.3 Å². The van der Waals surface area contributed by atoms with Crippen LogP contribution in [0.4, 0.5) is 11.4 Å². The van der Waals surface area contributed by atoms with Gasteiger partial charge in [-0.25, -0.2) is 0 Å². The highest BCUT2D eigenvalue weighted by Gasteiger charge is 2.45. The molecule has 7 nitrogen and oxygen atoms in total. The predicted octanol–water partition coefficient (Wildman–Crippen LogP) is 5.57. The molecule has 0 amide bonds. The van der Waals surface area contributed by atoms with E-state index in [9.17, 15) is 13.7 Å². The van der Waals surface area contributed by atoms with Crippen molar-refractivity contribution in [3.63, 3.8) is 0 Å². The molecular formula is C28H31N3O4S. The quantitative estimate of drug-likeness (QED) is 0.351. The lowest BCUT2D eigenvalue weighted by molar-refractivity contribution is 0.298. The SMILES string of the molecule is Cc1ccc(-c2c(C)noc2C)cc1N(C[C@H]1C[C@@H]1COS(C)(=O)=O)c1ccc(C2(C#N)CC2)cc1. The third-order valence-electron chi connectivity index (χ3n) is 7.50. The van der Waals surface area contributed by atoms with E-state index in [0.29, 0.717) is 5.92 Å². The molecule has 3 aromatic rings. The van der Waals surface area contributed by atoms with Crippen LogP contribution in [0, 0.1) is 43.9 Å². The van der Waals surface area contributed by atoms with Crippen molar-refractivity contribution in [2.45, 2.75) is 45.4 Å². The summed E-state index contributed by atoms with van der Waals surface area (Å²) in [6.07, 6.45) is 3.84. The van der Waals surface area contributed by atoms with Gasteiger partial charge in [-0.2, -0.15) is 13.7 Å². The zero-order valence-corrected chi connectivity index (χ0v) is 21.9. The van der Waals surface area contributed by atoms with Gasteiger partial charge in [0.25, 0.3) is 10.1 Å². The van der Waals surface area contributed by atoms with Crippen LogP contribution in [0.15, 0.2) is 47.0 Å². The largest absolute Gasteiger partial charge is 0.361 e. The van der Waals surface area contributed by atoms with Gasteiger partial charge in [-0.3, -0.25) is 4.18 Å². The van der Waals surface area contributed by atoms with E-state index in [2.05, 4.69) is 65.5 Å². The second kappa shape index (κ2) is 9.06. The summed E-state index contributed by atoms with van der Waals surface area (Å²) < 4.78 is 33.4. The first-order chi connectivity index (χ1) is 17.1. The van der Waals surface area contributed by atoms with E-state index in [1.807, 2.05) is 13.8 Å². The van der Waals surface area contributed by atoms with Crippen LogP contribution in [0.5, 0.6) is 0 Å². The molecule has 0 unspecified atom stereocenters. The fraction of sp³-hybridized carbons (Fsp3) is 0.429. The zero-order chi connectivity index (χ0) is 25.7. The van der Waals surface area contributed by atoms with Gasteiger partial charge in [0, 0.05) is 23.5 Å². The monoisotopic (exact) mass is 505 g/mol. The lowest BCUT2D eigenvalue weighted by atomic mass is 9.97. The number of hydrogen-bond donors (Lipinski definition) is 0. The smallest absolute Gasteiger partial charge is 0.264 e. The fourth-order valence-corrected chi connectivity index (χ4v) is 5.45. The molecule has 36 heavy (non-hydrogen) atoms. The van der Waals surface area contributed by atoms with Crippen molar-refractivity contribution < 1.29 is 17.1 Å². The van der Waals surface area contributed by atoms with Gasteiger partial charge in [-0.1, -0.05) is 29.4 Å². The lowest BCUT2D eigenvalue weighted by Crippen LogP contribution is -2.22. The summed E-state index contributed by atoms with van der Waals surface area (Å²) in [6.45, 7) is 6.93. The fourth-order valence-electron chi connectivity index (χ4n) is 5.03. The number of nitriles is 1. The van der Waals surface area contributed by atoms with Crippen LogP contribution >= 0.6 is 0 Å². The van der Waals surface area contributed by atoms with Crippen molar-refractivity contribution in [3.05, 3.63) is 65.0 Å². The van der Waals surface area contributed by atoms with Crippen LogP contribution in [0.2, 0.25) is 0 Å². The first-order valence-corrected chi connectivity index (χ1v) is 14.1. The molecule has 2 fully saturated rings. The molecule has 5 rings (SSSR count). The van der Waals surface area contributed by atoms with E-state index in [1.165, 1.54) is 0 Å². The number of benzene rings is 2. The van der Waals surface area contributed by atoms with Gasteiger partial charge >= 0.3 is 0 Å². The Bertz CT molecular complexity index is 1410. The van der Waals surface area contributed by atoms with Crippen molar-refractivity contribution in [1.29, 1.82) is 5.26 Å². The van der Waals surface area contributed by atoms with E-state index in [-0.39, 0.29) is 17.9 Å². The molecule has 0 N–H and O–H groups in total. The van der Waals surface area contributed by atoms with Crippen molar-refractivity contribution in [3.8, 4) is 17.2 Å². The molecule has 1 heterocycles. The Labute approximate surface area is 212 Å². The molecule has 0 aliphatic heterocycles. The Morgan fingerprint density at radius 3 is 2.44 bits per heavy atom. The maximum absolute atomic E-state index is 11.5. The number of anilines is 2. The maximum atomic E-state index is 11.5. The molecule has 2 aromatic carbocycles. The van der Waals surface area contributed by atoms with E-state index in [1.54, 1.807) is 0 Å². The molecule has 1 aromatic heterocycles. The molecule has 2 aliphatic carbocycles. The van der Waals surface area contributed by atoms with E-state index in [4.69, 9.17) is 8.71 Å². The second-order valence-electron chi connectivity index (χ2n) is 10.3. The highest BCUT2D eigenvalue weighted by molar-refractivity contribution is 7.85. The topological polar surface area (TPSA) is 96.4 Å². The number of hydrogen-bond acceptors (Lipinski definition) is 7. The Morgan fingerprint density at radius 1 is 1.14 bits per heavy atom. The van der Waals surface area contributed by atoms with Crippen molar-refractivity contribution >= 4 is 21.5 Å². The minimum Gasteiger partial charge on any atom is -0.361 e. The molecule has 0 spiro atoms. The summed E-state index contributed by atoms with van der Waals surface area (Å²) in [4.78, 5) is 2.30. The Hall–Kier alpha value is -3.15. The predicted molar refractivity (Wildman–Crippen MR) is 139 cm³/mol. The number of nitrogens with zero attached hydrogens (tertiary/aromatic N) is 3. The molecule has 0 saturated heterocycles. The van der Waals surface area contributed by atoms with E-state index >= 15 is 0 Å². The summed E-state index contributed by atoms with van der Waals surface area (Å²) in [5.74, 6) is 1.31. The third kappa shape index (κ3) is 4.91.